The molecular formula is C27H27Cl2N9O2. The Balaban J connectivity index is 1.58. The van der Waals surface area contributed by atoms with Crippen LogP contribution in [0.1, 0.15) is 37.4 Å². The number of rotatable bonds is 4. The van der Waals surface area contributed by atoms with Crippen LogP contribution in [0.2, 0.25) is 5.02 Å². The molecule has 1 amide bonds. The number of carbonyl (C=O) groups excluding carboxylic acids is 1. The molecular weight excluding hydrogens is 553 g/mol. The van der Waals surface area contributed by atoms with E-state index in [1.165, 1.54) is 23.6 Å². The first-order valence-corrected chi connectivity index (χ1v) is 13.3. The van der Waals surface area contributed by atoms with E-state index in [4.69, 9.17) is 34.8 Å². The number of fused-ring (bicyclic) bond motifs is 4. The Kier molecular flexibility index (Phi) is 7.88. The summed E-state index contributed by atoms with van der Waals surface area (Å²) in [6, 6.07) is 9.82. The van der Waals surface area contributed by atoms with E-state index in [9.17, 15) is 9.59 Å². The Morgan fingerprint density at radius 1 is 1.18 bits per heavy atom. The van der Waals surface area contributed by atoms with Crippen molar-refractivity contribution in [2.75, 3.05) is 10.3 Å². The predicted molar refractivity (Wildman–Crippen MR) is 155 cm³/mol. The smallest absolute Gasteiger partial charge is 0.254 e. The van der Waals surface area contributed by atoms with Crippen LogP contribution in [0.25, 0.3) is 22.5 Å². The Morgan fingerprint density at radius 2 is 2.00 bits per heavy atom. The van der Waals surface area contributed by atoms with Crippen molar-refractivity contribution in [1.29, 1.82) is 0 Å². The van der Waals surface area contributed by atoms with Crippen LogP contribution >= 0.6 is 23.2 Å². The number of nitrogens with zero attached hydrogens (tertiary/aromatic N) is 6. The molecule has 4 heterocycles. The summed E-state index contributed by atoms with van der Waals surface area (Å²) in [6.45, 7) is 0. The van der Waals surface area contributed by atoms with Crippen LogP contribution in [-0.2, 0) is 11.8 Å². The van der Waals surface area contributed by atoms with Gasteiger partial charge in [-0.25, -0.2) is 10.8 Å². The first-order valence-electron chi connectivity index (χ1n) is 12.5. The normalized spacial score (nSPS) is 15.9. The van der Waals surface area contributed by atoms with Crippen LogP contribution in [0, 0.1) is 0 Å². The minimum Gasteiger partial charge on any atom is -0.388 e. The van der Waals surface area contributed by atoms with Gasteiger partial charge in [0.25, 0.3) is 5.56 Å². The molecule has 0 radical (unpaired) electrons. The first-order chi connectivity index (χ1) is 19.2. The Bertz CT molecular complexity index is 1660. The van der Waals surface area contributed by atoms with E-state index < -0.39 is 6.04 Å². The molecule has 0 saturated heterocycles. The van der Waals surface area contributed by atoms with Gasteiger partial charge in [-0.2, -0.15) is 5.10 Å². The number of nitrogens with one attached hydrogen (secondary N) is 1. The fraction of sp³-hybridized carbons (Fsp3) is 0.222. The van der Waals surface area contributed by atoms with Gasteiger partial charge in [-0.05, 0) is 43.2 Å². The second-order valence-corrected chi connectivity index (χ2v) is 10.3. The number of aromatic nitrogens is 5. The highest BCUT2D eigenvalue weighted by Gasteiger charge is 2.22. The molecule has 0 spiro atoms. The predicted octanol–water partition coefficient (Wildman–Crippen LogP) is 4.14. The van der Waals surface area contributed by atoms with Gasteiger partial charge in [0.2, 0.25) is 5.91 Å². The number of hydrogen-bond acceptors (Lipinski definition) is 8. The number of nitrogens with two attached hydrogens (primary N) is 2. The van der Waals surface area contributed by atoms with Gasteiger partial charge in [0.05, 0.1) is 53.2 Å². The molecule has 1 aliphatic rings. The number of pyridine rings is 1. The second kappa shape index (κ2) is 11.5. The van der Waals surface area contributed by atoms with Crippen molar-refractivity contribution in [1.82, 2.24) is 24.3 Å². The van der Waals surface area contributed by atoms with Crippen LogP contribution < -0.4 is 27.5 Å². The van der Waals surface area contributed by atoms with Crippen molar-refractivity contribution in [2.24, 2.45) is 18.6 Å². The first kappa shape index (κ1) is 27.4. The largest absolute Gasteiger partial charge is 0.388 e. The van der Waals surface area contributed by atoms with Crippen molar-refractivity contribution in [3.63, 3.8) is 0 Å². The molecule has 5 N–H and O–H groups in total. The third kappa shape index (κ3) is 5.71. The Labute approximate surface area is 240 Å². The zero-order valence-electron chi connectivity index (χ0n) is 21.6. The number of amides is 1. The van der Waals surface area contributed by atoms with Gasteiger partial charge < -0.3 is 11.1 Å². The topological polar surface area (TPSA) is 150 Å². The maximum absolute atomic E-state index is 13.6. The SMILES string of the molecule is Cn1ncc2c1-c1ccnc(c1)C(n1cnc(-c3cc(Cl)ccc3N(N)/C=C(\N)Cl)cc1=O)CCCCC(=O)N2. The van der Waals surface area contributed by atoms with E-state index in [1.807, 2.05) is 19.2 Å². The van der Waals surface area contributed by atoms with Crippen LogP contribution in [0.3, 0.4) is 0 Å². The number of hydrogen-bond donors (Lipinski definition) is 3. The molecule has 0 fully saturated rings. The average molecular weight is 580 g/mol. The highest BCUT2D eigenvalue weighted by molar-refractivity contribution is 6.31. The number of halogens is 2. The number of hydrazine groups is 1. The third-order valence-electron chi connectivity index (χ3n) is 6.69. The fourth-order valence-corrected chi connectivity index (χ4v) is 5.12. The van der Waals surface area contributed by atoms with Gasteiger partial charge in [-0.15, -0.1) is 0 Å². The number of benzene rings is 1. The highest BCUT2D eigenvalue weighted by atomic mass is 35.5. The molecule has 13 heteroatoms. The summed E-state index contributed by atoms with van der Waals surface area (Å²) in [7, 11) is 1.81. The summed E-state index contributed by atoms with van der Waals surface area (Å²) < 4.78 is 3.26. The quantitative estimate of drug-likeness (QED) is 0.185. The molecule has 3 aromatic heterocycles. The molecule has 11 nitrogen and oxygen atoms in total. The second-order valence-electron chi connectivity index (χ2n) is 9.41. The lowest BCUT2D eigenvalue weighted by Gasteiger charge is -2.22. The number of carbonyl (C=O) groups is 1. The van der Waals surface area contributed by atoms with Crippen LogP contribution in [0.4, 0.5) is 11.4 Å². The van der Waals surface area contributed by atoms with Gasteiger partial charge in [0, 0.05) is 41.9 Å². The maximum Gasteiger partial charge on any atom is 0.254 e. The molecule has 1 atom stereocenters. The lowest BCUT2D eigenvalue weighted by atomic mass is 10.0. The maximum atomic E-state index is 13.6. The zero-order valence-corrected chi connectivity index (χ0v) is 23.1. The molecule has 4 aromatic rings. The number of aryl methyl sites for hydroxylation is 1. The summed E-state index contributed by atoms with van der Waals surface area (Å²) in [4.78, 5) is 35.4. The summed E-state index contributed by atoms with van der Waals surface area (Å²) in [5.74, 6) is 6.05. The Hall–Kier alpha value is -4.19. The van der Waals surface area contributed by atoms with Crippen molar-refractivity contribution < 1.29 is 4.79 Å². The van der Waals surface area contributed by atoms with E-state index >= 15 is 0 Å². The molecule has 1 aromatic carbocycles. The van der Waals surface area contributed by atoms with Crippen LogP contribution in [-0.4, -0.2) is 30.2 Å². The van der Waals surface area contributed by atoms with E-state index in [-0.39, 0.29) is 16.6 Å². The van der Waals surface area contributed by atoms with Crippen LogP contribution in [0.15, 0.2) is 71.3 Å². The van der Waals surface area contributed by atoms with Crippen molar-refractivity contribution in [3.05, 3.63) is 87.5 Å². The van der Waals surface area contributed by atoms with Gasteiger partial charge in [-0.1, -0.05) is 29.6 Å². The molecule has 0 saturated carbocycles. The zero-order chi connectivity index (χ0) is 28.4. The van der Waals surface area contributed by atoms with Gasteiger partial charge in [-0.3, -0.25) is 28.8 Å². The van der Waals surface area contributed by atoms with E-state index in [2.05, 4.69) is 20.4 Å². The molecule has 1 aliphatic heterocycles. The average Bonchev–Trinajstić information content (AvgIpc) is 3.27. The molecule has 40 heavy (non-hydrogen) atoms. The summed E-state index contributed by atoms with van der Waals surface area (Å²) in [5, 5.41) is 8.96. The van der Waals surface area contributed by atoms with Crippen molar-refractivity contribution in [2.45, 2.75) is 31.7 Å². The van der Waals surface area contributed by atoms with Gasteiger partial charge in [0.1, 0.15) is 5.16 Å². The van der Waals surface area contributed by atoms with E-state index in [0.29, 0.717) is 59.0 Å². The third-order valence-corrected chi connectivity index (χ3v) is 7.02. The summed E-state index contributed by atoms with van der Waals surface area (Å²) >= 11 is 12.1. The number of anilines is 2. The fourth-order valence-electron chi connectivity index (χ4n) is 4.85. The monoisotopic (exact) mass is 579 g/mol. The minimum absolute atomic E-state index is 0.0141. The summed E-state index contributed by atoms with van der Waals surface area (Å²) in [5.41, 5.74) is 9.61. The molecule has 5 rings (SSSR count). The Morgan fingerprint density at radius 3 is 2.77 bits per heavy atom. The molecule has 206 valence electrons. The van der Waals surface area contributed by atoms with Gasteiger partial charge in [0.15, 0.2) is 0 Å². The van der Waals surface area contributed by atoms with Gasteiger partial charge >= 0.3 is 0 Å². The molecule has 1 unspecified atom stereocenters. The highest BCUT2D eigenvalue weighted by Crippen LogP contribution is 2.33. The summed E-state index contributed by atoms with van der Waals surface area (Å²) in [6.07, 6.45) is 8.45. The van der Waals surface area contributed by atoms with E-state index in [1.54, 1.807) is 39.8 Å². The van der Waals surface area contributed by atoms with Crippen molar-refractivity contribution >= 4 is 40.5 Å². The molecule has 0 aliphatic carbocycles. The lowest BCUT2D eigenvalue weighted by Crippen LogP contribution is -2.27. The minimum atomic E-state index is -0.406. The lowest BCUT2D eigenvalue weighted by molar-refractivity contribution is -0.116. The standard InChI is InChI=1S/C27H27Cl2N9O2/c1-36-27-16-8-9-32-20(10-16)23(4-2-3-5-25(39)35-21(27)13-34-36)37-15-33-19(12-26(37)40)18-11-17(28)6-7-22(18)38(31)14-24(29)30/h6-15,23H,2-5,30-31H2,1H3,(H,35,39)/b24-14-. The van der Waals surface area contributed by atoms with Crippen LogP contribution in [0.5, 0.6) is 0 Å². The van der Waals surface area contributed by atoms with Crippen molar-refractivity contribution in [3.8, 4) is 22.5 Å². The van der Waals surface area contributed by atoms with E-state index in [0.717, 1.165) is 11.3 Å². The molecule has 2 bridgehead atoms.